The molecule has 0 bridgehead atoms. The van der Waals surface area contributed by atoms with Crippen LogP contribution in [-0.4, -0.2) is 12.6 Å². The summed E-state index contributed by atoms with van der Waals surface area (Å²) < 4.78 is 11.2. The van der Waals surface area contributed by atoms with Gasteiger partial charge >= 0.3 is 0 Å². The molecule has 20 heavy (non-hydrogen) atoms. The second-order valence-corrected chi connectivity index (χ2v) is 5.13. The van der Waals surface area contributed by atoms with Gasteiger partial charge < -0.3 is 14.5 Å². The van der Waals surface area contributed by atoms with Crippen LogP contribution in [0.5, 0.6) is 5.75 Å². The molecule has 0 saturated carbocycles. The lowest BCUT2D eigenvalue weighted by molar-refractivity contribution is 0.242. The topological polar surface area (TPSA) is 34.4 Å². The average molecular weight is 273 g/mol. The van der Waals surface area contributed by atoms with Gasteiger partial charge in [0.2, 0.25) is 0 Å². The van der Waals surface area contributed by atoms with Gasteiger partial charge in [0.05, 0.1) is 18.9 Å². The van der Waals surface area contributed by atoms with Crippen LogP contribution in [-0.2, 0) is 6.54 Å². The van der Waals surface area contributed by atoms with Crippen LogP contribution in [0.25, 0.3) is 11.1 Å². The smallest absolute Gasteiger partial charge is 0.125 e. The highest BCUT2D eigenvalue weighted by molar-refractivity contribution is 5.66. The lowest BCUT2D eigenvalue weighted by Gasteiger charge is -2.10. The predicted octanol–water partition coefficient (Wildman–Crippen LogP) is 4.23. The summed E-state index contributed by atoms with van der Waals surface area (Å²) in [7, 11) is 0. The molecule has 0 atom stereocenters. The number of hydrogen-bond acceptors (Lipinski definition) is 3. The molecule has 0 aliphatic heterocycles. The first kappa shape index (κ1) is 14.7. The molecule has 3 nitrogen and oxygen atoms in total. The monoisotopic (exact) mass is 273 g/mol. The fourth-order valence-corrected chi connectivity index (χ4v) is 2.10. The SMILES string of the molecule is CCCNCc1occc1-c1ccc(OC(C)C)cc1. The Kier molecular flexibility index (Phi) is 5.24. The molecule has 0 fully saturated rings. The molecule has 1 aromatic carbocycles. The Bertz CT molecular complexity index is 514. The molecule has 0 aliphatic carbocycles. The van der Waals surface area contributed by atoms with Gasteiger partial charge in [-0.05, 0) is 50.6 Å². The molecule has 0 aliphatic rings. The van der Waals surface area contributed by atoms with E-state index in [2.05, 4.69) is 24.4 Å². The molecule has 0 radical (unpaired) electrons. The minimum absolute atomic E-state index is 0.198. The second-order valence-electron chi connectivity index (χ2n) is 5.13. The van der Waals surface area contributed by atoms with Crippen molar-refractivity contribution in [1.29, 1.82) is 0 Å². The number of furan rings is 1. The van der Waals surface area contributed by atoms with Crippen LogP contribution in [0.1, 0.15) is 33.0 Å². The molecule has 2 aromatic rings. The van der Waals surface area contributed by atoms with Gasteiger partial charge in [-0.25, -0.2) is 0 Å². The van der Waals surface area contributed by atoms with E-state index in [9.17, 15) is 0 Å². The van der Waals surface area contributed by atoms with Crippen LogP contribution in [0.3, 0.4) is 0 Å². The molecule has 2 rings (SSSR count). The van der Waals surface area contributed by atoms with Crippen LogP contribution >= 0.6 is 0 Å². The highest BCUT2D eigenvalue weighted by Gasteiger charge is 2.08. The first-order valence-corrected chi connectivity index (χ1v) is 7.25. The molecule has 1 heterocycles. The summed E-state index contributed by atoms with van der Waals surface area (Å²) in [4.78, 5) is 0. The van der Waals surface area contributed by atoms with Gasteiger partial charge in [0, 0.05) is 5.56 Å². The lowest BCUT2D eigenvalue weighted by Crippen LogP contribution is -2.13. The van der Waals surface area contributed by atoms with Gasteiger partial charge in [0.25, 0.3) is 0 Å². The average Bonchev–Trinajstić information content (AvgIpc) is 2.88. The van der Waals surface area contributed by atoms with E-state index < -0.39 is 0 Å². The van der Waals surface area contributed by atoms with Crippen LogP contribution in [0.15, 0.2) is 41.0 Å². The van der Waals surface area contributed by atoms with E-state index in [4.69, 9.17) is 9.15 Å². The minimum atomic E-state index is 0.198. The highest BCUT2D eigenvalue weighted by atomic mass is 16.5. The van der Waals surface area contributed by atoms with E-state index in [-0.39, 0.29) is 6.10 Å². The van der Waals surface area contributed by atoms with Crippen LogP contribution in [0.2, 0.25) is 0 Å². The van der Waals surface area contributed by atoms with E-state index in [0.29, 0.717) is 0 Å². The number of hydrogen-bond donors (Lipinski definition) is 1. The minimum Gasteiger partial charge on any atom is -0.491 e. The fraction of sp³-hybridized carbons (Fsp3) is 0.412. The normalized spacial score (nSPS) is 11.0. The summed E-state index contributed by atoms with van der Waals surface area (Å²) in [6.45, 7) is 7.98. The maximum atomic E-state index is 5.66. The van der Waals surface area contributed by atoms with Crippen molar-refractivity contribution in [3.05, 3.63) is 42.4 Å². The van der Waals surface area contributed by atoms with Crippen molar-refractivity contribution in [2.75, 3.05) is 6.54 Å². The van der Waals surface area contributed by atoms with Crippen molar-refractivity contribution in [2.45, 2.75) is 39.8 Å². The predicted molar refractivity (Wildman–Crippen MR) is 81.9 cm³/mol. The van der Waals surface area contributed by atoms with Crippen molar-refractivity contribution in [1.82, 2.24) is 5.32 Å². The zero-order valence-electron chi connectivity index (χ0n) is 12.5. The molecule has 0 saturated heterocycles. The standard InChI is InChI=1S/C17H23NO2/c1-4-10-18-12-17-16(9-11-19-17)14-5-7-15(8-6-14)20-13(2)3/h5-9,11,13,18H,4,10,12H2,1-3H3. The van der Waals surface area contributed by atoms with Gasteiger partial charge in [-0.3, -0.25) is 0 Å². The number of ether oxygens (including phenoxy) is 1. The second kappa shape index (κ2) is 7.15. The van der Waals surface area contributed by atoms with Crippen molar-refractivity contribution >= 4 is 0 Å². The Balaban J connectivity index is 2.09. The molecule has 0 amide bonds. The summed E-state index contributed by atoms with van der Waals surface area (Å²) in [6.07, 6.45) is 3.07. The summed E-state index contributed by atoms with van der Waals surface area (Å²) in [6, 6.07) is 10.2. The highest BCUT2D eigenvalue weighted by Crippen LogP contribution is 2.27. The Morgan fingerprint density at radius 3 is 2.55 bits per heavy atom. The fourth-order valence-electron chi connectivity index (χ4n) is 2.10. The molecule has 1 aromatic heterocycles. The van der Waals surface area contributed by atoms with Crippen LogP contribution in [0.4, 0.5) is 0 Å². The zero-order chi connectivity index (χ0) is 14.4. The molecule has 108 valence electrons. The third-order valence-corrected chi connectivity index (χ3v) is 2.99. The van der Waals surface area contributed by atoms with Gasteiger partial charge in [-0.2, -0.15) is 0 Å². The molecule has 0 spiro atoms. The maximum Gasteiger partial charge on any atom is 0.125 e. The van der Waals surface area contributed by atoms with E-state index in [1.165, 1.54) is 0 Å². The van der Waals surface area contributed by atoms with E-state index in [1.54, 1.807) is 6.26 Å². The summed E-state index contributed by atoms with van der Waals surface area (Å²) in [5.41, 5.74) is 2.30. The molecular weight excluding hydrogens is 250 g/mol. The summed E-state index contributed by atoms with van der Waals surface area (Å²) in [5, 5.41) is 3.37. The third kappa shape index (κ3) is 3.87. The first-order valence-electron chi connectivity index (χ1n) is 7.25. The number of nitrogens with one attached hydrogen (secondary N) is 1. The Labute approximate surface area is 121 Å². The molecule has 0 unspecified atom stereocenters. The number of rotatable bonds is 7. The van der Waals surface area contributed by atoms with E-state index >= 15 is 0 Å². The van der Waals surface area contributed by atoms with Gasteiger partial charge in [0.1, 0.15) is 11.5 Å². The molecular formula is C17H23NO2. The first-order chi connectivity index (χ1) is 9.70. The lowest BCUT2D eigenvalue weighted by atomic mass is 10.1. The van der Waals surface area contributed by atoms with E-state index in [1.807, 2.05) is 32.0 Å². The van der Waals surface area contributed by atoms with E-state index in [0.717, 1.165) is 42.1 Å². The van der Waals surface area contributed by atoms with Crippen LogP contribution < -0.4 is 10.1 Å². The Morgan fingerprint density at radius 2 is 1.90 bits per heavy atom. The van der Waals surface area contributed by atoms with Crippen molar-refractivity contribution < 1.29 is 9.15 Å². The molecule has 3 heteroatoms. The zero-order valence-corrected chi connectivity index (χ0v) is 12.5. The van der Waals surface area contributed by atoms with Gasteiger partial charge in [-0.15, -0.1) is 0 Å². The Morgan fingerprint density at radius 1 is 1.15 bits per heavy atom. The Hall–Kier alpha value is -1.74. The third-order valence-electron chi connectivity index (χ3n) is 2.99. The van der Waals surface area contributed by atoms with Crippen molar-refractivity contribution in [3.63, 3.8) is 0 Å². The number of benzene rings is 1. The van der Waals surface area contributed by atoms with Crippen molar-refractivity contribution in [2.24, 2.45) is 0 Å². The summed E-state index contributed by atoms with van der Waals surface area (Å²) >= 11 is 0. The largest absolute Gasteiger partial charge is 0.491 e. The summed E-state index contributed by atoms with van der Waals surface area (Å²) in [5.74, 6) is 1.88. The van der Waals surface area contributed by atoms with Crippen molar-refractivity contribution in [3.8, 4) is 16.9 Å². The van der Waals surface area contributed by atoms with Gasteiger partial charge in [-0.1, -0.05) is 19.1 Å². The quantitative estimate of drug-likeness (QED) is 0.766. The van der Waals surface area contributed by atoms with Crippen LogP contribution in [0, 0.1) is 0 Å². The van der Waals surface area contributed by atoms with Gasteiger partial charge in [0.15, 0.2) is 0 Å². The molecule has 1 N–H and O–H groups in total. The maximum absolute atomic E-state index is 5.66.